The van der Waals surface area contributed by atoms with Gasteiger partial charge in [0.05, 0.1) is 7.11 Å². The monoisotopic (exact) mass is 575 g/mol. The van der Waals surface area contributed by atoms with Gasteiger partial charge in [0, 0.05) is 30.7 Å². The van der Waals surface area contributed by atoms with Gasteiger partial charge in [0.2, 0.25) is 5.91 Å². The second kappa shape index (κ2) is 18.3. The lowest BCUT2D eigenvalue weighted by atomic mass is 10.0. The molecule has 0 spiro atoms. The Balaban J connectivity index is 2.59. The van der Waals surface area contributed by atoms with Gasteiger partial charge in [-0.1, -0.05) is 61.2 Å². The Morgan fingerprint density at radius 1 is 1.25 bits per heavy atom. The van der Waals surface area contributed by atoms with E-state index < -0.39 is 36.0 Å². The molecule has 218 valence electrons. The predicted molar refractivity (Wildman–Crippen MR) is 152 cm³/mol. The Kier molecular flexibility index (Phi) is 15.6. The molecule has 3 atom stereocenters. The standard InChI is InChI=1S/C29H38ClN3O7/c1-19(2)26(27(35)32-18-8-10-22(40-29(31)37)15-13-21(4)30)33-25(34)11-7-6-9-20(3)12-14-23-16-17-24(38-5)28(36)39-23/h6,8-9,12-13,17-19,22-23,26H,10,14-16H2,1-5H3,(H2,31,37)(H,32,35)(H,33,34)/b9-6-,18-8-,20-12+,21-13+/t22?,23-,26?/m1/s1. The molecule has 0 aromatic carbocycles. The van der Waals surface area contributed by atoms with Crippen LogP contribution in [-0.4, -0.2) is 49.2 Å². The lowest BCUT2D eigenvalue weighted by Gasteiger charge is -2.20. The van der Waals surface area contributed by atoms with Gasteiger partial charge in [-0.2, -0.15) is 0 Å². The van der Waals surface area contributed by atoms with Crippen LogP contribution < -0.4 is 16.4 Å². The van der Waals surface area contributed by atoms with E-state index in [2.05, 4.69) is 22.5 Å². The zero-order valence-electron chi connectivity index (χ0n) is 23.5. The number of amides is 3. The van der Waals surface area contributed by atoms with Crippen molar-refractivity contribution in [2.75, 3.05) is 7.11 Å². The highest BCUT2D eigenvalue weighted by Gasteiger charge is 2.23. The minimum absolute atomic E-state index is 0.202. The Bertz CT molecular complexity index is 1120. The van der Waals surface area contributed by atoms with Gasteiger partial charge < -0.3 is 30.6 Å². The van der Waals surface area contributed by atoms with Crippen LogP contribution in [0.1, 0.15) is 53.4 Å². The van der Waals surface area contributed by atoms with Gasteiger partial charge in [0.25, 0.3) is 5.91 Å². The predicted octanol–water partition coefficient (Wildman–Crippen LogP) is 3.89. The van der Waals surface area contributed by atoms with Crippen molar-refractivity contribution < 1.29 is 33.4 Å². The van der Waals surface area contributed by atoms with E-state index in [0.29, 0.717) is 30.7 Å². The molecule has 0 bridgehead atoms. The van der Waals surface area contributed by atoms with Gasteiger partial charge in [-0.05, 0) is 44.0 Å². The number of hydrogen-bond donors (Lipinski definition) is 3. The van der Waals surface area contributed by atoms with Crippen LogP contribution in [0, 0.1) is 17.8 Å². The molecule has 0 radical (unpaired) electrons. The Morgan fingerprint density at radius 2 is 1.98 bits per heavy atom. The van der Waals surface area contributed by atoms with Crippen molar-refractivity contribution in [1.82, 2.24) is 10.6 Å². The van der Waals surface area contributed by atoms with Crippen LogP contribution in [0.25, 0.3) is 0 Å². The Hall–Kier alpha value is -3.97. The number of esters is 1. The van der Waals surface area contributed by atoms with Crippen molar-refractivity contribution in [2.24, 2.45) is 11.7 Å². The summed E-state index contributed by atoms with van der Waals surface area (Å²) >= 11 is 5.82. The molecule has 0 fully saturated rings. The maximum atomic E-state index is 12.6. The van der Waals surface area contributed by atoms with Gasteiger partial charge in [-0.25, -0.2) is 9.59 Å². The molecule has 1 heterocycles. The maximum Gasteiger partial charge on any atom is 0.404 e. The fourth-order valence-electron chi connectivity index (χ4n) is 3.37. The summed E-state index contributed by atoms with van der Waals surface area (Å²) in [6.45, 7) is 7.16. The van der Waals surface area contributed by atoms with Crippen LogP contribution in [0.5, 0.6) is 0 Å². The number of carbonyl (C=O) groups is 4. The number of hydrogen-bond acceptors (Lipinski definition) is 7. The number of cyclic esters (lactones) is 1. The van der Waals surface area contributed by atoms with Crippen LogP contribution in [0.4, 0.5) is 4.79 Å². The minimum Gasteiger partial charge on any atom is -0.490 e. The van der Waals surface area contributed by atoms with Crippen LogP contribution >= 0.6 is 11.6 Å². The van der Waals surface area contributed by atoms with Crippen LogP contribution in [0.3, 0.4) is 0 Å². The second-order valence-corrected chi connectivity index (χ2v) is 9.85. The summed E-state index contributed by atoms with van der Waals surface area (Å²) in [5, 5.41) is 5.78. The van der Waals surface area contributed by atoms with Gasteiger partial charge in [0.1, 0.15) is 18.2 Å². The topological polar surface area (TPSA) is 146 Å². The molecule has 10 nitrogen and oxygen atoms in total. The molecule has 3 amide bonds. The fourth-order valence-corrected chi connectivity index (χ4v) is 3.46. The van der Waals surface area contributed by atoms with Crippen molar-refractivity contribution in [1.29, 1.82) is 0 Å². The highest BCUT2D eigenvalue weighted by molar-refractivity contribution is 6.29. The summed E-state index contributed by atoms with van der Waals surface area (Å²) < 4.78 is 15.3. The van der Waals surface area contributed by atoms with E-state index >= 15 is 0 Å². The molecule has 0 aromatic rings. The first-order valence-electron chi connectivity index (χ1n) is 12.8. The zero-order chi connectivity index (χ0) is 30.1. The summed E-state index contributed by atoms with van der Waals surface area (Å²) in [6.07, 6.45) is 11.7. The normalized spacial score (nSPS) is 17.4. The van der Waals surface area contributed by atoms with Crippen LogP contribution in [-0.2, 0) is 28.6 Å². The number of allylic oxidation sites excluding steroid dienone is 4. The van der Waals surface area contributed by atoms with Crippen LogP contribution in [0.2, 0.25) is 0 Å². The third-order valence-electron chi connectivity index (χ3n) is 5.50. The van der Waals surface area contributed by atoms with Crippen LogP contribution in [0.15, 0.2) is 59.0 Å². The summed E-state index contributed by atoms with van der Waals surface area (Å²) in [5.74, 6) is 3.61. The molecule has 1 rings (SSSR count). The summed E-state index contributed by atoms with van der Waals surface area (Å²) in [7, 11) is 1.42. The lowest BCUT2D eigenvalue weighted by Crippen LogP contribution is -2.48. The van der Waals surface area contributed by atoms with Crippen molar-refractivity contribution in [3.05, 3.63) is 59.0 Å². The number of primary amides is 1. The van der Waals surface area contributed by atoms with E-state index in [1.165, 1.54) is 19.4 Å². The zero-order valence-corrected chi connectivity index (χ0v) is 24.2. The van der Waals surface area contributed by atoms with E-state index in [9.17, 15) is 19.2 Å². The summed E-state index contributed by atoms with van der Waals surface area (Å²) in [4.78, 5) is 47.7. The number of carbonyl (C=O) groups excluding carboxylic acids is 4. The summed E-state index contributed by atoms with van der Waals surface area (Å²) in [5.41, 5.74) is 5.98. The van der Waals surface area contributed by atoms with Gasteiger partial charge >= 0.3 is 12.1 Å². The molecule has 2 unspecified atom stereocenters. The largest absolute Gasteiger partial charge is 0.490 e. The van der Waals surface area contributed by atoms with Crippen molar-refractivity contribution in [3.8, 4) is 11.8 Å². The van der Waals surface area contributed by atoms with E-state index in [4.69, 9.17) is 31.5 Å². The molecule has 1 aliphatic rings. The first-order valence-corrected chi connectivity index (χ1v) is 13.1. The molecule has 0 aromatic heterocycles. The smallest absolute Gasteiger partial charge is 0.404 e. The molecule has 1 aliphatic heterocycles. The fraction of sp³-hybridized carbons (Fsp3) is 0.448. The van der Waals surface area contributed by atoms with E-state index in [1.807, 2.05) is 13.0 Å². The summed E-state index contributed by atoms with van der Waals surface area (Å²) in [6, 6.07) is -0.817. The van der Waals surface area contributed by atoms with E-state index in [0.717, 1.165) is 5.57 Å². The Morgan fingerprint density at radius 3 is 2.58 bits per heavy atom. The molecule has 0 saturated carbocycles. The molecule has 0 saturated heterocycles. The second-order valence-electron chi connectivity index (χ2n) is 9.25. The quantitative estimate of drug-likeness (QED) is 0.171. The third kappa shape index (κ3) is 14.3. The molecule has 0 aliphatic carbocycles. The van der Waals surface area contributed by atoms with Crippen molar-refractivity contribution in [2.45, 2.75) is 71.6 Å². The minimum atomic E-state index is -0.904. The average Bonchev–Trinajstić information content (AvgIpc) is 2.88. The maximum absolute atomic E-state index is 12.6. The highest BCUT2D eigenvalue weighted by atomic mass is 35.5. The van der Waals surface area contributed by atoms with Crippen molar-refractivity contribution >= 4 is 35.5 Å². The third-order valence-corrected chi connectivity index (χ3v) is 5.66. The molecular formula is C29H38ClN3O7. The molecule has 4 N–H and O–H groups in total. The molecular weight excluding hydrogens is 538 g/mol. The van der Waals surface area contributed by atoms with E-state index in [1.54, 1.807) is 45.1 Å². The van der Waals surface area contributed by atoms with Gasteiger partial charge in [-0.3, -0.25) is 9.59 Å². The number of methoxy groups -OCH3 is 1. The van der Waals surface area contributed by atoms with Crippen molar-refractivity contribution in [3.63, 3.8) is 0 Å². The SMILES string of the molecule is COC1=CC[C@@H](C/C=C(C)/C=C\C#CC(=O)NC(C(=O)N/C=C\CC(C/C=C(\C)Cl)OC(N)=O)C(C)C)OC1=O. The molecule has 40 heavy (non-hydrogen) atoms. The number of rotatable bonds is 13. The first-order chi connectivity index (χ1) is 18.9. The Labute approximate surface area is 240 Å². The number of nitrogens with one attached hydrogen (secondary N) is 2. The average molecular weight is 576 g/mol. The molecule has 11 heteroatoms. The van der Waals surface area contributed by atoms with Gasteiger partial charge in [0.15, 0.2) is 5.76 Å². The lowest BCUT2D eigenvalue weighted by molar-refractivity contribution is -0.149. The number of ether oxygens (including phenoxy) is 3. The van der Waals surface area contributed by atoms with Gasteiger partial charge in [-0.15, -0.1) is 0 Å². The first kappa shape index (κ1) is 34.1. The number of nitrogens with two attached hydrogens (primary N) is 1. The number of halogens is 1. The van der Waals surface area contributed by atoms with E-state index in [-0.39, 0.29) is 17.8 Å². The highest BCUT2D eigenvalue weighted by Crippen LogP contribution is 2.18.